The molecule has 8 heteroatoms. The molecule has 1 aromatic rings. The van der Waals surface area contributed by atoms with Gasteiger partial charge in [0.2, 0.25) is 0 Å². The first-order valence-electron chi connectivity index (χ1n) is 5.88. The summed E-state index contributed by atoms with van der Waals surface area (Å²) in [4.78, 5) is 10.5. The molecule has 0 aliphatic carbocycles. The van der Waals surface area contributed by atoms with E-state index in [1.54, 1.807) is 0 Å². The van der Waals surface area contributed by atoms with Crippen LogP contribution in [0.5, 0.6) is 0 Å². The first-order valence-corrected chi connectivity index (χ1v) is 7.77. The molecule has 0 aliphatic heterocycles. The van der Waals surface area contributed by atoms with Crippen molar-refractivity contribution in [2.45, 2.75) is 18.9 Å². The van der Waals surface area contributed by atoms with E-state index in [4.69, 9.17) is 15.6 Å². The molecule has 0 radical (unpaired) electrons. The molecule has 0 saturated heterocycles. The Bertz CT molecular complexity index is 590. The summed E-state index contributed by atoms with van der Waals surface area (Å²) in [5.41, 5.74) is 5.70. The summed E-state index contributed by atoms with van der Waals surface area (Å²) >= 11 is 0. The Balaban J connectivity index is 2.54. The van der Waals surface area contributed by atoms with Gasteiger partial charge in [-0.1, -0.05) is 6.07 Å². The lowest BCUT2D eigenvalue weighted by Crippen LogP contribution is -2.32. The Kier molecular flexibility index (Phi) is 5.58. The normalized spacial score (nSPS) is 15.6. The van der Waals surface area contributed by atoms with E-state index in [9.17, 15) is 17.8 Å². The number of hydrogen-bond donors (Lipinski definition) is 3. The van der Waals surface area contributed by atoms with Gasteiger partial charge in [0.15, 0.2) is 11.6 Å². The zero-order chi connectivity index (χ0) is 15.3. The van der Waals surface area contributed by atoms with Crippen molar-refractivity contribution < 1.29 is 22.9 Å². The highest BCUT2D eigenvalue weighted by Crippen LogP contribution is 2.11. The fourth-order valence-corrected chi connectivity index (χ4v) is 2.92. The minimum Gasteiger partial charge on any atom is -0.480 e. The Morgan fingerprint density at radius 2 is 2.00 bits per heavy atom. The fraction of sp³-hybridized carbons (Fsp3) is 0.417. The third kappa shape index (κ3) is 5.22. The van der Waals surface area contributed by atoms with Gasteiger partial charge in [-0.05, 0) is 30.5 Å². The highest BCUT2D eigenvalue weighted by Gasteiger charge is 2.15. The molecule has 1 aromatic carbocycles. The first kappa shape index (κ1) is 16.5. The average molecular weight is 306 g/mol. The molecule has 0 aliphatic rings. The van der Waals surface area contributed by atoms with Crippen molar-refractivity contribution in [1.82, 2.24) is 0 Å². The first-order chi connectivity index (χ1) is 9.21. The SMILES string of the molecule is N=S(=O)(CCc1ccc(F)c(F)c1)CC[C@H](N)C(=O)O. The molecule has 0 aromatic heterocycles. The highest BCUT2D eigenvalue weighted by molar-refractivity contribution is 7.92. The predicted molar refractivity (Wildman–Crippen MR) is 70.9 cm³/mol. The van der Waals surface area contributed by atoms with Gasteiger partial charge < -0.3 is 10.8 Å². The second-order valence-electron chi connectivity index (χ2n) is 4.45. The number of aryl methyl sites for hydroxylation is 1. The topological polar surface area (TPSA) is 104 Å². The zero-order valence-corrected chi connectivity index (χ0v) is 11.5. The molecule has 0 heterocycles. The van der Waals surface area contributed by atoms with Gasteiger partial charge >= 0.3 is 5.97 Å². The maximum Gasteiger partial charge on any atom is 0.320 e. The van der Waals surface area contributed by atoms with Crippen LogP contribution in [-0.4, -0.2) is 32.8 Å². The molecule has 2 atom stereocenters. The summed E-state index contributed by atoms with van der Waals surface area (Å²) in [6.45, 7) is 0. The van der Waals surface area contributed by atoms with Crippen LogP contribution in [0.2, 0.25) is 0 Å². The van der Waals surface area contributed by atoms with Crippen LogP contribution < -0.4 is 5.73 Å². The molecule has 1 rings (SSSR count). The molecular formula is C12H16F2N2O3S. The molecule has 0 saturated carbocycles. The van der Waals surface area contributed by atoms with E-state index in [-0.39, 0.29) is 24.3 Å². The van der Waals surface area contributed by atoms with E-state index in [1.165, 1.54) is 6.07 Å². The largest absolute Gasteiger partial charge is 0.480 e. The molecule has 5 nitrogen and oxygen atoms in total. The maximum atomic E-state index is 13.0. The number of aliphatic carboxylic acids is 1. The number of carbonyl (C=O) groups is 1. The molecule has 0 fully saturated rings. The predicted octanol–water partition coefficient (Wildman–Crippen LogP) is 1.36. The van der Waals surface area contributed by atoms with E-state index in [2.05, 4.69) is 0 Å². The summed E-state index contributed by atoms with van der Waals surface area (Å²) in [5, 5.41) is 8.59. The number of carboxylic acid groups (broad SMARTS) is 1. The smallest absolute Gasteiger partial charge is 0.320 e. The quantitative estimate of drug-likeness (QED) is 0.707. The van der Waals surface area contributed by atoms with Crippen molar-refractivity contribution in [3.05, 3.63) is 35.4 Å². The monoisotopic (exact) mass is 306 g/mol. The number of halogens is 2. The number of hydrogen-bond acceptors (Lipinski definition) is 4. The van der Waals surface area contributed by atoms with Crippen LogP contribution in [0, 0.1) is 16.4 Å². The number of carboxylic acids is 1. The van der Waals surface area contributed by atoms with Crippen molar-refractivity contribution in [2.75, 3.05) is 11.5 Å². The summed E-state index contributed by atoms with van der Waals surface area (Å²) < 4.78 is 45.2. The molecule has 1 unspecified atom stereocenters. The van der Waals surface area contributed by atoms with Gasteiger partial charge in [-0.2, -0.15) is 0 Å². The van der Waals surface area contributed by atoms with Crippen LogP contribution in [0.1, 0.15) is 12.0 Å². The lowest BCUT2D eigenvalue weighted by atomic mass is 10.2. The van der Waals surface area contributed by atoms with Crippen LogP contribution in [-0.2, 0) is 20.9 Å². The van der Waals surface area contributed by atoms with E-state index >= 15 is 0 Å². The Hall–Kier alpha value is -1.54. The van der Waals surface area contributed by atoms with Gasteiger partial charge in [0, 0.05) is 21.2 Å². The Morgan fingerprint density at radius 3 is 2.55 bits per heavy atom. The van der Waals surface area contributed by atoms with Crippen LogP contribution in [0.25, 0.3) is 0 Å². The zero-order valence-electron chi connectivity index (χ0n) is 10.6. The lowest BCUT2D eigenvalue weighted by molar-refractivity contribution is -0.138. The van der Waals surface area contributed by atoms with Gasteiger partial charge in [-0.25, -0.2) is 13.0 Å². The fourth-order valence-electron chi connectivity index (χ4n) is 1.52. The van der Waals surface area contributed by atoms with E-state index in [1.807, 2.05) is 0 Å². The number of nitrogens with one attached hydrogen (secondary N) is 1. The molecular weight excluding hydrogens is 290 g/mol. The number of rotatable bonds is 7. The van der Waals surface area contributed by atoms with Crippen LogP contribution in [0.15, 0.2) is 18.2 Å². The van der Waals surface area contributed by atoms with E-state index in [0.29, 0.717) is 5.56 Å². The summed E-state index contributed by atoms with van der Waals surface area (Å²) in [5.74, 6) is -3.35. The van der Waals surface area contributed by atoms with E-state index in [0.717, 1.165) is 12.1 Å². The van der Waals surface area contributed by atoms with Gasteiger partial charge in [0.25, 0.3) is 0 Å². The van der Waals surface area contributed by atoms with Crippen molar-refractivity contribution >= 4 is 15.7 Å². The lowest BCUT2D eigenvalue weighted by Gasteiger charge is -2.10. The number of nitrogens with two attached hydrogens (primary N) is 1. The van der Waals surface area contributed by atoms with E-state index < -0.39 is 33.4 Å². The summed E-state index contributed by atoms with van der Waals surface area (Å²) in [6, 6.07) is 2.17. The van der Waals surface area contributed by atoms with Crippen LogP contribution >= 0.6 is 0 Å². The van der Waals surface area contributed by atoms with Crippen molar-refractivity contribution in [1.29, 1.82) is 4.78 Å². The van der Waals surface area contributed by atoms with Gasteiger partial charge in [0.05, 0.1) is 0 Å². The van der Waals surface area contributed by atoms with Crippen LogP contribution in [0.3, 0.4) is 0 Å². The second kappa shape index (κ2) is 6.76. The Morgan fingerprint density at radius 1 is 1.35 bits per heavy atom. The average Bonchev–Trinajstić information content (AvgIpc) is 2.37. The standard InChI is InChI=1S/C12H16F2N2O3S/c13-9-2-1-8(7-10(9)14)3-5-20(16,19)6-4-11(15)12(17)18/h1-2,7,11,16H,3-6,15H2,(H,17,18)/t11-,20?/m0/s1. The molecule has 4 N–H and O–H groups in total. The van der Waals surface area contributed by atoms with Crippen molar-refractivity contribution in [3.8, 4) is 0 Å². The highest BCUT2D eigenvalue weighted by atomic mass is 32.2. The minimum atomic E-state index is -2.99. The Labute approximate surface area is 115 Å². The van der Waals surface area contributed by atoms with Gasteiger partial charge in [-0.15, -0.1) is 0 Å². The van der Waals surface area contributed by atoms with Gasteiger partial charge in [-0.3, -0.25) is 9.57 Å². The third-order valence-electron chi connectivity index (χ3n) is 2.78. The molecule has 20 heavy (non-hydrogen) atoms. The van der Waals surface area contributed by atoms with Crippen LogP contribution in [0.4, 0.5) is 8.78 Å². The summed E-state index contributed by atoms with van der Waals surface area (Å²) in [6.07, 6.45) is 0.0945. The maximum absolute atomic E-state index is 13.0. The summed E-state index contributed by atoms with van der Waals surface area (Å²) in [7, 11) is -2.99. The molecule has 0 spiro atoms. The third-order valence-corrected chi connectivity index (χ3v) is 4.54. The second-order valence-corrected chi connectivity index (χ2v) is 6.89. The molecule has 0 bridgehead atoms. The van der Waals surface area contributed by atoms with Crippen molar-refractivity contribution in [3.63, 3.8) is 0 Å². The molecule has 112 valence electrons. The van der Waals surface area contributed by atoms with Gasteiger partial charge in [0.1, 0.15) is 6.04 Å². The number of benzene rings is 1. The molecule has 0 amide bonds. The minimum absolute atomic E-state index is 0.0512. The van der Waals surface area contributed by atoms with Crippen molar-refractivity contribution in [2.24, 2.45) is 5.73 Å².